The third kappa shape index (κ3) is 6.11. The van der Waals surface area contributed by atoms with Crippen molar-refractivity contribution in [3.63, 3.8) is 0 Å². The van der Waals surface area contributed by atoms with Crippen molar-refractivity contribution in [3.8, 4) is 0 Å². The number of nitrogens with one attached hydrogen (secondary N) is 1. The summed E-state index contributed by atoms with van der Waals surface area (Å²) < 4.78 is 33.3. The maximum absolute atomic E-state index is 13.6. The Bertz CT molecular complexity index is 1320. The van der Waals surface area contributed by atoms with Gasteiger partial charge in [0.25, 0.3) is 0 Å². The van der Waals surface area contributed by atoms with Crippen molar-refractivity contribution >= 4 is 27.5 Å². The van der Waals surface area contributed by atoms with E-state index in [9.17, 15) is 13.2 Å². The van der Waals surface area contributed by atoms with Gasteiger partial charge in [0.05, 0.1) is 12.7 Å². The third-order valence-electron chi connectivity index (χ3n) is 5.36. The molecule has 0 amide bonds. The minimum Gasteiger partial charge on any atom is -0.465 e. The quantitative estimate of drug-likeness (QED) is 0.334. The van der Waals surface area contributed by atoms with Crippen LogP contribution in [-0.2, 0) is 27.8 Å². The fraction of sp³-hybridized carbons (Fsp3) is 0.111. The van der Waals surface area contributed by atoms with Crippen molar-refractivity contribution < 1.29 is 17.9 Å². The molecule has 0 aliphatic rings. The first kappa shape index (κ1) is 24.1. The van der Waals surface area contributed by atoms with Crippen LogP contribution in [0.5, 0.6) is 0 Å². The molecule has 0 saturated carbocycles. The van der Waals surface area contributed by atoms with E-state index in [-0.39, 0.29) is 18.0 Å². The van der Waals surface area contributed by atoms with Crippen molar-refractivity contribution in [3.05, 3.63) is 120 Å². The van der Waals surface area contributed by atoms with Crippen molar-refractivity contribution in [2.75, 3.05) is 12.4 Å². The van der Waals surface area contributed by atoms with E-state index < -0.39 is 16.0 Å². The molecule has 7 nitrogen and oxygen atoms in total. The van der Waals surface area contributed by atoms with Crippen LogP contribution >= 0.6 is 0 Å². The largest absolute Gasteiger partial charge is 0.465 e. The standard InChI is InChI=1S/C27H25N3O4S/c1-34-27(31)23-12-14-24(15-13-23)29-26-17-16-25(18-28-26)35(32,33)30(19-21-8-4-2-5-9-21)20-22-10-6-3-7-11-22/h2-18H,19-20H2,1H3,(H,28,29). The number of hydrogen-bond acceptors (Lipinski definition) is 6. The van der Waals surface area contributed by atoms with E-state index in [1.54, 1.807) is 30.3 Å². The molecule has 4 rings (SSSR count). The van der Waals surface area contributed by atoms with E-state index in [0.717, 1.165) is 11.1 Å². The number of carbonyl (C=O) groups is 1. The highest BCUT2D eigenvalue weighted by atomic mass is 32.2. The van der Waals surface area contributed by atoms with Crippen LogP contribution in [0.3, 0.4) is 0 Å². The Hall–Kier alpha value is -4.01. The van der Waals surface area contributed by atoms with Crippen LogP contribution in [0.25, 0.3) is 0 Å². The second-order valence-electron chi connectivity index (χ2n) is 7.82. The van der Waals surface area contributed by atoms with E-state index in [1.807, 2.05) is 60.7 Å². The normalized spacial score (nSPS) is 11.3. The van der Waals surface area contributed by atoms with Gasteiger partial charge in [-0.3, -0.25) is 0 Å². The Kier molecular flexibility index (Phi) is 7.54. The molecule has 0 aliphatic heterocycles. The Balaban J connectivity index is 1.54. The minimum atomic E-state index is -3.81. The number of carbonyl (C=O) groups excluding carboxylic acids is 1. The molecule has 1 aromatic heterocycles. The first-order valence-corrected chi connectivity index (χ1v) is 12.4. The summed E-state index contributed by atoms with van der Waals surface area (Å²) in [4.78, 5) is 16.0. The van der Waals surface area contributed by atoms with Gasteiger partial charge in [0.1, 0.15) is 10.7 Å². The van der Waals surface area contributed by atoms with Gasteiger partial charge < -0.3 is 10.1 Å². The molecule has 1 N–H and O–H groups in total. The zero-order valence-electron chi connectivity index (χ0n) is 19.2. The average molecular weight is 488 g/mol. The van der Waals surface area contributed by atoms with Gasteiger partial charge in [0.2, 0.25) is 10.0 Å². The number of rotatable bonds is 9. The number of ether oxygens (including phenoxy) is 1. The van der Waals surface area contributed by atoms with Crippen LogP contribution in [0.1, 0.15) is 21.5 Å². The van der Waals surface area contributed by atoms with Crippen molar-refractivity contribution in [1.29, 1.82) is 0 Å². The molecule has 0 aliphatic carbocycles. The Morgan fingerprint density at radius 3 is 1.89 bits per heavy atom. The molecule has 1 heterocycles. The van der Waals surface area contributed by atoms with Crippen LogP contribution in [0, 0.1) is 0 Å². The monoisotopic (exact) mass is 487 g/mol. The Morgan fingerprint density at radius 1 is 0.829 bits per heavy atom. The highest BCUT2D eigenvalue weighted by molar-refractivity contribution is 7.89. The molecule has 0 radical (unpaired) electrons. The van der Waals surface area contributed by atoms with E-state index in [2.05, 4.69) is 10.3 Å². The fourth-order valence-electron chi connectivity index (χ4n) is 3.51. The maximum atomic E-state index is 13.6. The average Bonchev–Trinajstić information content (AvgIpc) is 2.90. The summed E-state index contributed by atoms with van der Waals surface area (Å²) in [5.41, 5.74) is 2.93. The first-order valence-electron chi connectivity index (χ1n) is 10.9. The lowest BCUT2D eigenvalue weighted by molar-refractivity contribution is 0.0600. The zero-order valence-corrected chi connectivity index (χ0v) is 20.0. The number of sulfonamides is 1. The van der Waals surface area contributed by atoms with E-state index in [1.165, 1.54) is 23.7 Å². The van der Waals surface area contributed by atoms with E-state index in [4.69, 9.17) is 4.74 Å². The summed E-state index contributed by atoms with van der Waals surface area (Å²) >= 11 is 0. The van der Waals surface area contributed by atoms with Crippen molar-refractivity contribution in [2.45, 2.75) is 18.0 Å². The second-order valence-corrected chi connectivity index (χ2v) is 9.76. The number of benzene rings is 3. The predicted octanol–water partition coefficient (Wildman–Crippen LogP) is 5.00. The van der Waals surface area contributed by atoms with Gasteiger partial charge in [-0.1, -0.05) is 60.7 Å². The summed E-state index contributed by atoms with van der Waals surface area (Å²) in [5.74, 6) is 0.0623. The van der Waals surface area contributed by atoms with Crippen LogP contribution in [0.2, 0.25) is 0 Å². The number of esters is 1. The van der Waals surface area contributed by atoms with Crippen molar-refractivity contribution in [2.24, 2.45) is 0 Å². The van der Waals surface area contributed by atoms with Crippen LogP contribution in [0.15, 0.2) is 108 Å². The number of hydrogen-bond donors (Lipinski definition) is 1. The Labute approximate surface area is 205 Å². The van der Waals surface area contributed by atoms with Crippen molar-refractivity contribution in [1.82, 2.24) is 9.29 Å². The molecule has 0 saturated heterocycles. The van der Waals surface area contributed by atoms with Crippen LogP contribution in [-0.4, -0.2) is 30.8 Å². The molecule has 8 heteroatoms. The topological polar surface area (TPSA) is 88.6 Å². The number of aromatic nitrogens is 1. The van der Waals surface area contributed by atoms with Crippen LogP contribution in [0.4, 0.5) is 11.5 Å². The lowest BCUT2D eigenvalue weighted by Crippen LogP contribution is -2.30. The van der Waals surface area contributed by atoms with E-state index in [0.29, 0.717) is 17.1 Å². The maximum Gasteiger partial charge on any atom is 0.337 e. The van der Waals surface area contributed by atoms with Gasteiger partial charge in [0.15, 0.2) is 0 Å². The van der Waals surface area contributed by atoms with Gasteiger partial charge >= 0.3 is 5.97 Å². The molecule has 0 unspecified atom stereocenters. The SMILES string of the molecule is COC(=O)c1ccc(Nc2ccc(S(=O)(=O)N(Cc3ccccc3)Cc3ccccc3)cn2)cc1. The highest BCUT2D eigenvalue weighted by Gasteiger charge is 2.25. The summed E-state index contributed by atoms with van der Waals surface area (Å²) in [6, 6.07) is 28.9. The lowest BCUT2D eigenvalue weighted by atomic mass is 10.2. The zero-order chi connectivity index (χ0) is 24.7. The lowest BCUT2D eigenvalue weighted by Gasteiger charge is -2.22. The number of nitrogens with zero attached hydrogens (tertiary/aromatic N) is 2. The summed E-state index contributed by atoms with van der Waals surface area (Å²) in [6.45, 7) is 0.481. The fourth-order valence-corrected chi connectivity index (χ4v) is 4.87. The summed E-state index contributed by atoms with van der Waals surface area (Å²) in [7, 11) is -2.49. The second kappa shape index (κ2) is 10.9. The molecule has 35 heavy (non-hydrogen) atoms. The number of methoxy groups -OCH3 is 1. The van der Waals surface area contributed by atoms with Gasteiger partial charge in [-0.05, 0) is 47.5 Å². The molecule has 0 bridgehead atoms. The summed E-state index contributed by atoms with van der Waals surface area (Å²) in [6.07, 6.45) is 1.35. The van der Waals surface area contributed by atoms with E-state index >= 15 is 0 Å². The molecular formula is C27H25N3O4S. The molecular weight excluding hydrogens is 462 g/mol. The van der Waals surface area contributed by atoms with Gasteiger partial charge in [-0.15, -0.1) is 0 Å². The number of anilines is 2. The highest BCUT2D eigenvalue weighted by Crippen LogP contribution is 2.23. The molecule has 178 valence electrons. The Morgan fingerprint density at radius 2 is 1.40 bits per heavy atom. The molecule has 0 spiro atoms. The van der Waals surface area contributed by atoms with Crippen LogP contribution < -0.4 is 5.32 Å². The molecule has 4 aromatic rings. The number of pyridine rings is 1. The minimum absolute atomic E-state index is 0.107. The first-order chi connectivity index (χ1) is 17.0. The van der Waals surface area contributed by atoms with Gasteiger partial charge in [-0.25, -0.2) is 18.2 Å². The molecule has 3 aromatic carbocycles. The molecule has 0 atom stereocenters. The van der Waals surface area contributed by atoms with Gasteiger partial charge in [-0.2, -0.15) is 4.31 Å². The summed E-state index contributed by atoms with van der Waals surface area (Å²) in [5, 5.41) is 3.10. The third-order valence-corrected chi connectivity index (χ3v) is 7.13. The molecule has 0 fully saturated rings. The predicted molar refractivity (Wildman–Crippen MR) is 135 cm³/mol. The smallest absolute Gasteiger partial charge is 0.337 e. The van der Waals surface area contributed by atoms with Gasteiger partial charge in [0, 0.05) is 25.0 Å².